The minimum Gasteiger partial charge on any atom is -0.444 e. The van der Waals surface area contributed by atoms with Gasteiger partial charge in [0.05, 0.1) is 17.4 Å². The summed E-state index contributed by atoms with van der Waals surface area (Å²) in [6.45, 7) is 10.6. The van der Waals surface area contributed by atoms with Crippen LogP contribution in [-0.2, 0) is 22.6 Å². The fraction of sp³-hybridized carbons (Fsp3) is 0.516. The first kappa shape index (κ1) is 28.6. The maximum atomic E-state index is 12.4. The van der Waals surface area contributed by atoms with E-state index in [1.54, 1.807) is 4.90 Å². The van der Waals surface area contributed by atoms with Gasteiger partial charge >= 0.3 is 6.09 Å². The Morgan fingerprint density at radius 1 is 1.14 bits per heavy atom. The van der Waals surface area contributed by atoms with E-state index in [9.17, 15) is 9.90 Å². The van der Waals surface area contributed by atoms with Crippen molar-refractivity contribution in [3.63, 3.8) is 0 Å². The van der Waals surface area contributed by atoms with Crippen LogP contribution in [0.15, 0.2) is 48.9 Å². The van der Waals surface area contributed by atoms with E-state index in [1.165, 1.54) is 5.56 Å². The molecule has 1 amide bonds. The summed E-state index contributed by atoms with van der Waals surface area (Å²) < 4.78 is 15.4. The van der Waals surface area contributed by atoms with Crippen molar-refractivity contribution < 1.29 is 19.4 Å². The average molecular weight is 576 g/mol. The smallest absolute Gasteiger partial charge is 0.410 e. The molecule has 5 heterocycles. The molecule has 2 atom stereocenters. The lowest BCUT2D eigenvalue weighted by atomic mass is 10.1. The molecule has 0 aliphatic carbocycles. The molecule has 4 aromatic rings. The third kappa shape index (κ3) is 6.44. The number of nitrogens with zero attached hydrogens (tertiary/aromatic N) is 6. The van der Waals surface area contributed by atoms with Crippen LogP contribution in [0.2, 0.25) is 0 Å². The molecule has 3 aromatic heterocycles. The highest BCUT2D eigenvalue weighted by Crippen LogP contribution is 2.29. The number of nitrogens with one attached hydrogen (secondary N) is 1. The lowest BCUT2D eigenvalue weighted by Gasteiger charge is -2.35. The van der Waals surface area contributed by atoms with Crippen molar-refractivity contribution in [2.45, 2.75) is 71.2 Å². The third-order valence-electron chi connectivity index (χ3n) is 7.87. The van der Waals surface area contributed by atoms with Gasteiger partial charge in [0.1, 0.15) is 17.5 Å². The molecule has 0 spiro atoms. The third-order valence-corrected chi connectivity index (χ3v) is 7.87. The van der Waals surface area contributed by atoms with Gasteiger partial charge < -0.3 is 23.9 Å². The van der Waals surface area contributed by atoms with Gasteiger partial charge in [-0.15, -0.1) is 0 Å². The Morgan fingerprint density at radius 3 is 2.74 bits per heavy atom. The number of hydrogen-bond acceptors (Lipinski definition) is 8. The first-order chi connectivity index (χ1) is 20.2. The van der Waals surface area contributed by atoms with E-state index in [4.69, 9.17) is 14.5 Å². The van der Waals surface area contributed by atoms with Gasteiger partial charge in [-0.2, -0.15) is 5.10 Å². The summed E-state index contributed by atoms with van der Waals surface area (Å²) in [6, 6.07) is 10.0. The van der Waals surface area contributed by atoms with Gasteiger partial charge in [0.2, 0.25) is 0 Å². The van der Waals surface area contributed by atoms with Gasteiger partial charge in [0, 0.05) is 69.2 Å². The number of aliphatic hydroxyl groups excluding tert-OH is 1. The number of aromatic nitrogens is 4. The number of fused-ring (bicyclic) bond motifs is 2. The fourth-order valence-corrected chi connectivity index (χ4v) is 5.73. The lowest BCUT2D eigenvalue weighted by Crippen LogP contribution is -2.49. The maximum absolute atomic E-state index is 12.4. The number of hydrogen-bond donors (Lipinski definition) is 2. The quantitative estimate of drug-likeness (QED) is 0.316. The van der Waals surface area contributed by atoms with E-state index in [2.05, 4.69) is 27.6 Å². The standard InChI is InChI=1S/C31H41N7O4/c1-31(2,3)42-30(40)36-14-12-35(13-15-36)19-22-10-11-27-34-23(21-37(27)20-22)17-32-29(39)24-7-6-8-26-25(24)18-33-38(26)28-9-4-5-16-41-28/h6-8,10-11,18,20-21,28-29,32,39H,4-5,9,12-17,19H2,1-3H3. The predicted molar refractivity (Wildman–Crippen MR) is 159 cm³/mol. The number of rotatable bonds is 7. The van der Waals surface area contributed by atoms with Crippen LogP contribution in [0.4, 0.5) is 4.79 Å². The normalized spacial score (nSPS) is 19.4. The molecule has 224 valence electrons. The van der Waals surface area contributed by atoms with Crippen LogP contribution < -0.4 is 5.32 Å². The SMILES string of the molecule is CC(C)(C)OC(=O)N1CCN(Cc2ccc3nc(CNC(O)c4cccc5c4cnn5C4CCCCO4)cn3c2)CC1. The molecule has 11 heteroatoms. The van der Waals surface area contributed by atoms with Gasteiger partial charge in [-0.3, -0.25) is 10.2 Å². The van der Waals surface area contributed by atoms with E-state index >= 15 is 0 Å². The van der Waals surface area contributed by atoms with Gasteiger partial charge in [0.15, 0.2) is 6.23 Å². The van der Waals surface area contributed by atoms with Crippen molar-refractivity contribution in [1.82, 2.24) is 34.3 Å². The number of benzene rings is 1. The van der Waals surface area contributed by atoms with Gasteiger partial charge in [-0.05, 0) is 57.7 Å². The van der Waals surface area contributed by atoms with Crippen LogP contribution in [0.1, 0.15) is 69.3 Å². The van der Waals surface area contributed by atoms with Crippen LogP contribution >= 0.6 is 0 Å². The second-order valence-corrected chi connectivity index (χ2v) is 12.3. The molecule has 2 N–H and O–H groups in total. The summed E-state index contributed by atoms with van der Waals surface area (Å²) in [5.41, 5.74) is 4.14. The Labute approximate surface area is 246 Å². The Hall–Kier alpha value is -3.51. The highest BCUT2D eigenvalue weighted by Gasteiger charge is 2.26. The summed E-state index contributed by atoms with van der Waals surface area (Å²) in [5.74, 6) is 0. The van der Waals surface area contributed by atoms with Crippen molar-refractivity contribution in [1.29, 1.82) is 0 Å². The van der Waals surface area contributed by atoms with Crippen LogP contribution in [0.25, 0.3) is 16.6 Å². The molecule has 2 fully saturated rings. The zero-order chi connectivity index (χ0) is 29.3. The van der Waals surface area contributed by atoms with Gasteiger partial charge in [-0.1, -0.05) is 18.2 Å². The molecule has 2 aliphatic heterocycles. The molecule has 11 nitrogen and oxygen atoms in total. The van der Waals surface area contributed by atoms with Crippen LogP contribution in [0.5, 0.6) is 0 Å². The van der Waals surface area contributed by atoms with Crippen molar-refractivity contribution in [3.05, 3.63) is 65.7 Å². The minimum atomic E-state index is -0.863. The number of piperazine rings is 1. The summed E-state index contributed by atoms with van der Waals surface area (Å²) in [4.78, 5) is 21.2. The predicted octanol–water partition coefficient (Wildman–Crippen LogP) is 4.22. The molecular formula is C31H41N7O4. The van der Waals surface area contributed by atoms with Gasteiger partial charge in [-0.25, -0.2) is 14.5 Å². The number of carbonyl (C=O) groups is 1. The van der Waals surface area contributed by atoms with Crippen LogP contribution in [-0.4, -0.2) is 78.6 Å². The largest absolute Gasteiger partial charge is 0.444 e. The molecule has 2 aliphatic rings. The highest BCUT2D eigenvalue weighted by molar-refractivity contribution is 5.82. The van der Waals surface area contributed by atoms with E-state index in [0.717, 1.165) is 73.3 Å². The molecule has 6 rings (SSSR count). The minimum absolute atomic E-state index is 0.0543. The molecule has 0 saturated carbocycles. The Morgan fingerprint density at radius 2 is 1.98 bits per heavy atom. The molecule has 42 heavy (non-hydrogen) atoms. The van der Waals surface area contributed by atoms with Crippen molar-refractivity contribution in [2.24, 2.45) is 0 Å². The highest BCUT2D eigenvalue weighted by atomic mass is 16.6. The van der Waals surface area contributed by atoms with E-state index in [0.29, 0.717) is 19.6 Å². The molecule has 2 unspecified atom stereocenters. The molecular weight excluding hydrogens is 534 g/mol. The van der Waals surface area contributed by atoms with Gasteiger partial charge in [0.25, 0.3) is 0 Å². The van der Waals surface area contributed by atoms with E-state index < -0.39 is 11.8 Å². The monoisotopic (exact) mass is 575 g/mol. The topological polar surface area (TPSA) is 109 Å². The van der Waals surface area contributed by atoms with E-state index in [1.807, 2.05) is 66.5 Å². The number of ether oxygens (including phenoxy) is 2. The molecule has 1 aromatic carbocycles. The van der Waals surface area contributed by atoms with Crippen molar-refractivity contribution >= 4 is 22.6 Å². The maximum Gasteiger partial charge on any atom is 0.410 e. The fourth-order valence-electron chi connectivity index (χ4n) is 5.73. The number of amides is 1. The number of pyridine rings is 1. The number of aliphatic hydroxyl groups is 1. The zero-order valence-corrected chi connectivity index (χ0v) is 24.7. The van der Waals surface area contributed by atoms with Crippen molar-refractivity contribution in [3.8, 4) is 0 Å². The Bertz CT molecular complexity index is 1530. The average Bonchev–Trinajstić information content (AvgIpc) is 3.59. The molecule has 0 bridgehead atoms. The first-order valence-electron chi connectivity index (χ1n) is 14.9. The first-order valence-corrected chi connectivity index (χ1v) is 14.9. The second-order valence-electron chi connectivity index (χ2n) is 12.3. The lowest BCUT2D eigenvalue weighted by molar-refractivity contribution is -0.0366. The summed E-state index contributed by atoms with van der Waals surface area (Å²) in [7, 11) is 0. The number of imidazole rings is 1. The van der Waals surface area contributed by atoms with E-state index in [-0.39, 0.29) is 12.3 Å². The Balaban J connectivity index is 1.05. The zero-order valence-electron chi connectivity index (χ0n) is 24.7. The van der Waals surface area contributed by atoms with Crippen molar-refractivity contribution in [2.75, 3.05) is 32.8 Å². The number of carbonyl (C=O) groups excluding carboxylic acids is 1. The van der Waals surface area contributed by atoms with Crippen LogP contribution in [0.3, 0.4) is 0 Å². The molecule has 0 radical (unpaired) electrons. The molecule has 2 saturated heterocycles. The summed E-state index contributed by atoms with van der Waals surface area (Å²) >= 11 is 0. The summed E-state index contributed by atoms with van der Waals surface area (Å²) in [5, 5.41) is 19.8. The van der Waals surface area contributed by atoms with Crippen LogP contribution in [0, 0.1) is 0 Å². The second kappa shape index (κ2) is 12.0. The summed E-state index contributed by atoms with van der Waals surface area (Å²) in [6.07, 6.45) is 7.92. The Kier molecular flexibility index (Phi) is 8.17.